The first kappa shape index (κ1) is 20.4. The molecule has 27 heavy (non-hydrogen) atoms. The van der Waals surface area contributed by atoms with Crippen molar-refractivity contribution in [3.8, 4) is 0 Å². The predicted octanol–water partition coefficient (Wildman–Crippen LogP) is 2.76. The minimum atomic E-state index is -1.21. The van der Waals surface area contributed by atoms with Gasteiger partial charge in [0.05, 0.1) is 13.2 Å². The normalized spacial score (nSPS) is 44.1. The minimum absolute atomic E-state index is 0.0438. The van der Waals surface area contributed by atoms with Gasteiger partial charge in [0.2, 0.25) is 0 Å². The van der Waals surface area contributed by atoms with Crippen molar-refractivity contribution in [3.05, 3.63) is 0 Å². The lowest BCUT2D eigenvalue weighted by Gasteiger charge is -2.36. The summed E-state index contributed by atoms with van der Waals surface area (Å²) in [7, 11) is -1.21. The molecule has 0 aliphatic carbocycles. The van der Waals surface area contributed by atoms with Crippen LogP contribution in [-0.4, -0.2) is 72.2 Å². The van der Waals surface area contributed by atoms with E-state index in [1.807, 2.05) is 27.7 Å². The van der Waals surface area contributed by atoms with Crippen LogP contribution in [0.1, 0.15) is 48.5 Å². The van der Waals surface area contributed by atoms with Crippen molar-refractivity contribution in [3.63, 3.8) is 0 Å². The third-order valence-electron chi connectivity index (χ3n) is 5.11. The zero-order chi connectivity index (χ0) is 19.6. The van der Waals surface area contributed by atoms with Gasteiger partial charge in [-0.05, 0) is 48.5 Å². The maximum Gasteiger partial charge on any atom is 0.259 e. The second-order valence-electron chi connectivity index (χ2n) is 9.37. The van der Waals surface area contributed by atoms with Crippen molar-refractivity contribution in [1.29, 1.82) is 0 Å². The average molecular weight is 405 g/mol. The highest BCUT2D eigenvalue weighted by Gasteiger charge is 2.60. The van der Waals surface area contributed by atoms with Crippen LogP contribution in [0.2, 0.25) is 0 Å². The van der Waals surface area contributed by atoms with Crippen LogP contribution in [0.25, 0.3) is 0 Å². The molecule has 9 heteroatoms. The van der Waals surface area contributed by atoms with Gasteiger partial charge >= 0.3 is 0 Å². The molecular weight excluding hydrogens is 373 g/mol. The van der Waals surface area contributed by atoms with Crippen LogP contribution in [0.5, 0.6) is 0 Å². The molecule has 156 valence electrons. The van der Waals surface area contributed by atoms with Crippen molar-refractivity contribution in [2.45, 2.75) is 96.3 Å². The lowest BCUT2D eigenvalue weighted by Crippen LogP contribution is -2.44. The summed E-state index contributed by atoms with van der Waals surface area (Å²) < 4.78 is 44.8. The second-order valence-corrected chi connectivity index (χ2v) is 10.8. The molecule has 0 saturated carbocycles. The van der Waals surface area contributed by atoms with Crippen LogP contribution in [0.3, 0.4) is 0 Å². The third-order valence-corrected chi connectivity index (χ3v) is 7.13. The molecule has 4 aliphatic heterocycles. The molecule has 6 atom stereocenters. The van der Waals surface area contributed by atoms with Gasteiger partial charge in [-0.25, -0.2) is 4.67 Å². The van der Waals surface area contributed by atoms with E-state index in [9.17, 15) is 0 Å². The summed E-state index contributed by atoms with van der Waals surface area (Å²) in [6.45, 7) is 16.0. The van der Waals surface area contributed by atoms with Crippen LogP contribution >= 0.6 is 8.53 Å². The molecule has 4 saturated heterocycles. The molecule has 0 amide bonds. The second kappa shape index (κ2) is 6.83. The Bertz CT molecular complexity index is 566. The molecule has 0 aromatic carbocycles. The third kappa shape index (κ3) is 4.06. The zero-order valence-corrected chi connectivity index (χ0v) is 18.2. The minimum Gasteiger partial charge on any atom is -0.348 e. The summed E-state index contributed by atoms with van der Waals surface area (Å²) >= 11 is 0. The van der Waals surface area contributed by atoms with Crippen molar-refractivity contribution < 1.29 is 32.7 Å². The van der Waals surface area contributed by atoms with Gasteiger partial charge in [-0.15, -0.1) is 0 Å². The van der Waals surface area contributed by atoms with Gasteiger partial charge in [-0.2, -0.15) is 0 Å². The van der Waals surface area contributed by atoms with Gasteiger partial charge in [0, 0.05) is 12.1 Å². The summed E-state index contributed by atoms with van der Waals surface area (Å²) in [4.78, 5) is 0. The van der Waals surface area contributed by atoms with Gasteiger partial charge in [-0.3, -0.25) is 0 Å². The molecule has 0 radical (unpaired) electrons. The van der Waals surface area contributed by atoms with Crippen molar-refractivity contribution >= 4 is 8.53 Å². The molecule has 4 fully saturated rings. The van der Waals surface area contributed by atoms with E-state index >= 15 is 0 Å². The fourth-order valence-electron chi connectivity index (χ4n) is 3.93. The van der Waals surface area contributed by atoms with Crippen LogP contribution in [0, 0.1) is 0 Å². The molecular formula is C18H32NO7P. The molecule has 0 bridgehead atoms. The van der Waals surface area contributed by atoms with Crippen molar-refractivity contribution in [1.82, 2.24) is 4.67 Å². The first-order valence-corrected chi connectivity index (χ1v) is 10.8. The number of rotatable bonds is 3. The lowest BCUT2D eigenvalue weighted by molar-refractivity contribution is -0.230. The topological polar surface area (TPSA) is 67.9 Å². The molecule has 0 N–H and O–H groups in total. The quantitative estimate of drug-likeness (QED) is 0.664. The predicted molar refractivity (Wildman–Crippen MR) is 97.8 cm³/mol. The highest BCUT2D eigenvalue weighted by Crippen LogP contribution is 2.55. The molecule has 0 spiro atoms. The smallest absolute Gasteiger partial charge is 0.259 e. The van der Waals surface area contributed by atoms with E-state index in [-0.39, 0.29) is 30.0 Å². The Morgan fingerprint density at radius 3 is 2.37 bits per heavy atom. The number of fused-ring (bicyclic) bond motifs is 1. The van der Waals surface area contributed by atoms with E-state index in [2.05, 4.69) is 25.4 Å². The van der Waals surface area contributed by atoms with Gasteiger partial charge in [0.1, 0.15) is 24.4 Å². The van der Waals surface area contributed by atoms with E-state index in [4.69, 9.17) is 32.7 Å². The summed E-state index contributed by atoms with van der Waals surface area (Å²) in [6, 6.07) is 0. The molecule has 0 aromatic heterocycles. The SMILES string of the molecule is CC1(C)O[C@H]2O[C@@H]([C@H]3COC(C)(C)O3)[C@H](OP3OCCN3C(C)(C)C)[C@H]2O1. The number of hydrogen-bond acceptors (Lipinski definition) is 8. The first-order valence-electron chi connectivity index (χ1n) is 9.65. The molecule has 0 aromatic rings. The Morgan fingerprint density at radius 2 is 1.74 bits per heavy atom. The number of hydrogen-bond donors (Lipinski definition) is 0. The monoisotopic (exact) mass is 405 g/mol. The number of ether oxygens (including phenoxy) is 5. The van der Waals surface area contributed by atoms with E-state index in [1.54, 1.807) is 0 Å². The first-order chi connectivity index (χ1) is 12.5. The summed E-state index contributed by atoms with van der Waals surface area (Å²) in [5.74, 6) is -1.34. The van der Waals surface area contributed by atoms with Crippen LogP contribution < -0.4 is 0 Å². The highest BCUT2D eigenvalue weighted by atomic mass is 31.2. The summed E-state index contributed by atoms with van der Waals surface area (Å²) in [5.41, 5.74) is -0.0438. The molecule has 8 nitrogen and oxygen atoms in total. The highest BCUT2D eigenvalue weighted by molar-refractivity contribution is 7.44. The fourth-order valence-corrected chi connectivity index (χ4v) is 5.66. The largest absolute Gasteiger partial charge is 0.348 e. The Hall–Kier alpha value is 0.110. The fraction of sp³-hybridized carbons (Fsp3) is 1.00. The van der Waals surface area contributed by atoms with E-state index in [0.29, 0.717) is 13.2 Å². The maximum atomic E-state index is 6.51. The maximum absolute atomic E-state index is 6.51. The Morgan fingerprint density at radius 1 is 1.00 bits per heavy atom. The standard InChI is InChI=1S/C18H32NO7P/c1-16(2,3)19-8-9-21-27(19)26-13-12(11-10-20-17(4,5)23-11)22-15-14(13)24-18(6,7)25-15/h11-15H,8-10H2,1-7H3/t11-,12+,13+,14-,15-,27?/m1/s1. The number of nitrogens with zero attached hydrogens (tertiary/aromatic N) is 1. The van der Waals surface area contributed by atoms with Gasteiger partial charge in [-0.1, -0.05) is 0 Å². The van der Waals surface area contributed by atoms with Gasteiger partial charge in [0.15, 0.2) is 17.9 Å². The van der Waals surface area contributed by atoms with Gasteiger partial charge < -0.3 is 32.7 Å². The van der Waals surface area contributed by atoms with Gasteiger partial charge in [0.25, 0.3) is 8.53 Å². The van der Waals surface area contributed by atoms with Crippen LogP contribution in [0.15, 0.2) is 0 Å². The lowest BCUT2D eigenvalue weighted by atomic mass is 10.1. The average Bonchev–Trinajstić information content (AvgIpc) is 3.23. The zero-order valence-electron chi connectivity index (χ0n) is 17.3. The molecule has 4 heterocycles. The molecule has 1 unspecified atom stereocenters. The van der Waals surface area contributed by atoms with E-state index in [1.165, 1.54) is 0 Å². The molecule has 4 aliphatic rings. The summed E-state index contributed by atoms with van der Waals surface area (Å²) in [5, 5.41) is 0. The Kier molecular flexibility index (Phi) is 5.15. The van der Waals surface area contributed by atoms with Crippen LogP contribution in [0.4, 0.5) is 0 Å². The molecule has 4 rings (SSSR count). The van der Waals surface area contributed by atoms with Crippen molar-refractivity contribution in [2.24, 2.45) is 0 Å². The van der Waals surface area contributed by atoms with E-state index < -0.39 is 26.4 Å². The Balaban J connectivity index is 1.54. The summed E-state index contributed by atoms with van der Waals surface area (Å²) in [6.07, 6.45) is -1.75. The van der Waals surface area contributed by atoms with E-state index in [0.717, 1.165) is 6.54 Å². The van der Waals surface area contributed by atoms with Crippen LogP contribution in [-0.2, 0) is 32.7 Å². The van der Waals surface area contributed by atoms with Crippen molar-refractivity contribution in [2.75, 3.05) is 19.8 Å². The Labute approximate surface area is 162 Å².